The highest BCUT2D eigenvalue weighted by Gasteiger charge is 2.28. The fourth-order valence-corrected chi connectivity index (χ4v) is 2.07. The molecule has 1 atom stereocenters. The third-order valence-electron chi connectivity index (χ3n) is 3.04. The number of hydrogen-bond donors (Lipinski definition) is 3. The highest BCUT2D eigenvalue weighted by molar-refractivity contribution is 7.81. The van der Waals surface area contributed by atoms with Crippen molar-refractivity contribution in [3.8, 4) is 5.75 Å². The first-order chi connectivity index (χ1) is 14.8. The number of rotatable bonds is 12. The van der Waals surface area contributed by atoms with Gasteiger partial charge < -0.3 is 45.3 Å². The Morgan fingerprint density at radius 2 is 1.55 bits per heavy atom. The van der Waals surface area contributed by atoms with Gasteiger partial charge in [0.05, 0.1) is 33.0 Å². The summed E-state index contributed by atoms with van der Waals surface area (Å²) in [5, 5.41) is 11.2. The zero-order chi connectivity index (χ0) is 24.8. The van der Waals surface area contributed by atoms with Gasteiger partial charge in [0.1, 0.15) is 11.7 Å². The van der Waals surface area contributed by atoms with Crippen LogP contribution in [0, 0.1) is 0 Å². The molecule has 0 radical (unpaired) electrons. The molecule has 12 nitrogen and oxygen atoms in total. The number of benzene rings is 1. The molecule has 0 aromatic heterocycles. The van der Waals surface area contributed by atoms with E-state index in [1.54, 1.807) is 0 Å². The second-order valence-electron chi connectivity index (χ2n) is 5.58. The molecule has 0 bridgehead atoms. The van der Waals surface area contributed by atoms with E-state index in [4.69, 9.17) is 19.4 Å². The first kappa shape index (κ1) is 32.6. The summed E-state index contributed by atoms with van der Waals surface area (Å²) < 4.78 is 91.3. The van der Waals surface area contributed by atoms with Crippen LogP contribution >= 0.6 is 0 Å². The van der Waals surface area contributed by atoms with Gasteiger partial charge >= 0.3 is 6.18 Å². The van der Waals surface area contributed by atoms with Crippen LogP contribution in [-0.4, -0.2) is 70.5 Å². The second kappa shape index (κ2) is 16.1. The molecule has 0 aliphatic carbocycles. The lowest BCUT2D eigenvalue weighted by atomic mass is 10.1. The van der Waals surface area contributed by atoms with Gasteiger partial charge in [-0.25, -0.2) is 12.8 Å². The minimum absolute atomic E-state index is 0. The Morgan fingerprint density at radius 3 is 1.97 bits per heavy atom. The van der Waals surface area contributed by atoms with Crippen LogP contribution in [0.25, 0.3) is 0 Å². The van der Waals surface area contributed by atoms with Gasteiger partial charge in [0.25, 0.3) is 16.3 Å². The number of carbonyl (C=O) groups excluding carboxylic acids is 2. The Labute approximate surface area is 186 Å². The van der Waals surface area contributed by atoms with E-state index < -0.39 is 34.6 Å². The van der Waals surface area contributed by atoms with Crippen molar-refractivity contribution in [1.29, 1.82) is 0 Å². The molecule has 1 amide bonds. The van der Waals surface area contributed by atoms with Gasteiger partial charge in [-0.1, -0.05) is 12.1 Å². The molecule has 1 aromatic carbocycles. The Morgan fingerprint density at radius 1 is 1.06 bits per heavy atom. The lowest BCUT2D eigenvalue weighted by Gasteiger charge is -2.12. The molecule has 1 aromatic rings. The number of hydrogen-bond acceptors (Lipinski definition) is 9. The number of ether oxygens (including phenoxy) is 2. The zero-order valence-electron chi connectivity index (χ0n) is 17.4. The van der Waals surface area contributed by atoms with Gasteiger partial charge in [-0.15, -0.1) is 0 Å². The van der Waals surface area contributed by atoms with Crippen LogP contribution in [0.3, 0.4) is 0 Å². The van der Waals surface area contributed by atoms with Crippen LogP contribution in [-0.2, 0) is 29.5 Å². The van der Waals surface area contributed by atoms with Crippen molar-refractivity contribution >= 4 is 22.3 Å². The summed E-state index contributed by atoms with van der Waals surface area (Å²) in [6.45, 7) is 2.34. The highest BCUT2D eigenvalue weighted by Crippen LogP contribution is 2.21. The molecule has 0 fully saturated rings. The molecule has 0 saturated carbocycles. The maximum absolute atomic E-state index is 14.0. The number of carboxylic acid groups (broad SMARTS) is 1. The number of aliphatic carboxylic acids is 1. The van der Waals surface area contributed by atoms with Gasteiger partial charge in [-0.3, -0.25) is 4.79 Å². The van der Waals surface area contributed by atoms with E-state index in [-0.39, 0.29) is 30.6 Å². The first-order valence-corrected chi connectivity index (χ1v) is 10.0. The number of carboxylic acids is 1. The molecule has 8 N–H and O–H groups in total. The van der Waals surface area contributed by atoms with Gasteiger partial charge in [0.15, 0.2) is 0 Å². The van der Waals surface area contributed by atoms with Crippen molar-refractivity contribution in [3.05, 3.63) is 29.8 Å². The Bertz CT molecular complexity index is 808. The molecule has 0 spiro atoms. The second-order valence-corrected chi connectivity index (χ2v) is 6.56. The Balaban J connectivity index is 0. The van der Waals surface area contributed by atoms with E-state index in [0.717, 1.165) is 24.3 Å². The molecule has 0 heterocycles. The van der Waals surface area contributed by atoms with Crippen LogP contribution in [0.5, 0.6) is 5.75 Å². The van der Waals surface area contributed by atoms with E-state index in [9.17, 15) is 35.3 Å². The summed E-state index contributed by atoms with van der Waals surface area (Å²) in [4.78, 5) is 20.5. The van der Waals surface area contributed by atoms with Crippen molar-refractivity contribution < 1.29 is 64.6 Å². The van der Waals surface area contributed by atoms with E-state index in [1.165, 1.54) is 0 Å². The van der Waals surface area contributed by atoms with Crippen molar-refractivity contribution in [3.63, 3.8) is 0 Å². The molecule has 1 unspecified atom stereocenters. The summed E-state index contributed by atoms with van der Waals surface area (Å²) in [7, 11) is -4.90. The van der Waals surface area contributed by atoms with E-state index in [2.05, 4.69) is 15.2 Å². The maximum atomic E-state index is 14.0. The summed E-state index contributed by atoms with van der Waals surface area (Å²) in [5.74, 6) is -4.13. The molecule has 0 aliphatic heterocycles. The van der Waals surface area contributed by atoms with Crippen molar-refractivity contribution in [2.75, 3.05) is 39.5 Å². The minimum atomic E-state index is -5.19. The van der Waals surface area contributed by atoms with Gasteiger partial charge in [-0.2, -0.15) is 13.2 Å². The van der Waals surface area contributed by atoms with E-state index >= 15 is 0 Å². The quantitative estimate of drug-likeness (QED) is 0.130. The molecule has 0 aliphatic rings. The van der Waals surface area contributed by atoms with Crippen LogP contribution in [0.4, 0.5) is 17.6 Å². The van der Waals surface area contributed by atoms with Crippen LogP contribution < -0.4 is 26.5 Å². The van der Waals surface area contributed by atoms with Crippen molar-refractivity contribution in [1.82, 2.24) is 11.5 Å². The monoisotopic (exact) mass is 511 g/mol. The Hall–Kier alpha value is -2.57. The Kier molecular flexibility index (Phi) is 15.9. The molecule has 1 rings (SSSR count). The smallest absolute Gasteiger partial charge is 0.430 e. The standard InChI is InChI=1S/C14H21FN2O7S.C2HF3O2.H3N/c15-13(11-1-3-12(4-2-11)24-25(19,20)21)14(18)17-6-8-23-10-9-22-7-5-16;3-2(4,5)1(6)7;/h1-4,13H,5-10,16H2,(H,17,18)(H,19,20,21);(H,6,7);1H3. The fraction of sp³-hybridized carbons (Fsp3) is 0.500. The third-order valence-corrected chi connectivity index (χ3v) is 3.44. The molecular formula is C16H25F4N3O9S. The molecular weight excluding hydrogens is 486 g/mol. The van der Waals surface area contributed by atoms with E-state index in [0.29, 0.717) is 26.4 Å². The summed E-state index contributed by atoms with van der Waals surface area (Å²) >= 11 is 0. The summed E-state index contributed by atoms with van der Waals surface area (Å²) in [5.41, 5.74) is 3.61. The number of amides is 1. The first-order valence-electron chi connectivity index (χ1n) is 8.68. The normalized spacial score (nSPS) is 11.9. The molecule has 17 heteroatoms. The van der Waals surface area contributed by atoms with Gasteiger partial charge in [-0.05, 0) is 17.7 Å². The largest absolute Gasteiger partial charge is 0.716 e. The lowest BCUT2D eigenvalue weighted by Crippen LogP contribution is -2.52. The number of alkyl halides is 4. The maximum Gasteiger partial charge on any atom is 0.430 e. The number of quaternary nitrogens is 2. The predicted molar refractivity (Wildman–Crippen MR) is 100 cm³/mol. The zero-order valence-corrected chi connectivity index (χ0v) is 18.2. The number of halogens is 4. The minimum Gasteiger partial charge on any atom is -0.716 e. The summed E-state index contributed by atoms with van der Waals surface area (Å²) in [6.07, 6.45) is -7.14. The van der Waals surface area contributed by atoms with Gasteiger partial charge in [0, 0.05) is 6.54 Å². The van der Waals surface area contributed by atoms with Crippen molar-refractivity contribution in [2.24, 2.45) is 0 Å². The lowest BCUT2D eigenvalue weighted by molar-refractivity contribution is -0.374. The summed E-state index contributed by atoms with van der Waals surface area (Å²) in [6, 6.07) is 4.47. The van der Waals surface area contributed by atoms with Crippen LogP contribution in [0.15, 0.2) is 24.3 Å². The predicted octanol–water partition coefficient (Wildman–Crippen LogP) is -1.40. The molecule has 33 heavy (non-hydrogen) atoms. The third kappa shape index (κ3) is 16.7. The molecule has 192 valence electrons. The van der Waals surface area contributed by atoms with Crippen molar-refractivity contribution in [2.45, 2.75) is 12.3 Å². The fourth-order valence-electron chi connectivity index (χ4n) is 1.72. The topological polar surface area (TPSA) is 218 Å². The van der Waals surface area contributed by atoms with Crippen LogP contribution in [0.1, 0.15) is 11.7 Å². The SMILES string of the molecule is O=C([O-])C(F)(F)F.[NH3+]CCOCCOCCNC(=O)C(F)c1ccc(OS(=O)(=O)[O-])cc1.[NH4+]. The molecule has 0 saturated heterocycles. The number of nitrogens with one attached hydrogen (secondary N) is 1. The average molecular weight is 511 g/mol. The van der Waals surface area contributed by atoms with Gasteiger partial charge in [0.2, 0.25) is 6.17 Å². The number of carbonyl (C=O) groups is 2. The highest BCUT2D eigenvalue weighted by atomic mass is 32.3. The van der Waals surface area contributed by atoms with E-state index in [1.807, 2.05) is 0 Å². The average Bonchev–Trinajstić information content (AvgIpc) is 2.68. The van der Waals surface area contributed by atoms with Crippen LogP contribution in [0.2, 0.25) is 0 Å².